The number of aliphatic hydroxyl groups is 1. The number of esters is 1. The van der Waals surface area contributed by atoms with E-state index in [1.807, 2.05) is 44.3 Å². The van der Waals surface area contributed by atoms with Crippen LogP contribution in [-0.4, -0.2) is 49.5 Å². The Hall–Kier alpha value is -5.88. The van der Waals surface area contributed by atoms with Gasteiger partial charge in [0.1, 0.15) is 63.9 Å². The highest BCUT2D eigenvalue weighted by molar-refractivity contribution is 5.92. The molecule has 0 radical (unpaired) electrons. The summed E-state index contributed by atoms with van der Waals surface area (Å²) in [5.41, 5.74) is 9.51. The molecular weight excluding hydrogens is 700 g/mol. The van der Waals surface area contributed by atoms with Gasteiger partial charge in [0.15, 0.2) is 5.43 Å². The molecule has 12 heteroatoms. The summed E-state index contributed by atoms with van der Waals surface area (Å²) in [5.74, 6) is -0.323. The van der Waals surface area contributed by atoms with Gasteiger partial charge in [0, 0.05) is 60.0 Å². The van der Waals surface area contributed by atoms with Crippen LogP contribution in [0.4, 0.5) is 11.6 Å². The van der Waals surface area contributed by atoms with Crippen molar-refractivity contribution in [2.45, 2.75) is 84.0 Å². The zero-order chi connectivity index (χ0) is 39.0. The van der Waals surface area contributed by atoms with Gasteiger partial charge in [-0.3, -0.25) is 4.79 Å². The highest BCUT2D eigenvalue weighted by Crippen LogP contribution is 2.53. The molecule has 0 saturated heterocycles. The van der Waals surface area contributed by atoms with Crippen LogP contribution in [0.25, 0.3) is 11.0 Å². The van der Waals surface area contributed by atoms with Crippen LogP contribution in [0.2, 0.25) is 0 Å². The molecule has 5 aromatic rings. The number of pyridine rings is 2. The number of ether oxygens (including phenoxy) is 2. The minimum Gasteiger partial charge on any atom is -0.508 e. The number of benzene rings is 2. The summed E-state index contributed by atoms with van der Waals surface area (Å²) in [6.07, 6.45) is 6.06. The quantitative estimate of drug-likeness (QED) is 0.0843. The number of aliphatic hydroxyl groups excluding tert-OH is 1. The molecule has 0 spiro atoms. The molecule has 6 N–H and O–H groups in total. The van der Waals surface area contributed by atoms with Gasteiger partial charge >= 0.3 is 5.97 Å². The maximum Gasteiger partial charge on any atom is 0.333 e. The zero-order valence-electron chi connectivity index (χ0n) is 31.4. The molecule has 12 nitrogen and oxygen atoms in total. The molecule has 3 aromatic heterocycles. The summed E-state index contributed by atoms with van der Waals surface area (Å²) >= 11 is 0. The fourth-order valence-corrected chi connectivity index (χ4v) is 8.13. The number of nitrogens with two attached hydrogens (primary N) is 1. The first kappa shape index (κ1) is 37.4. The average Bonchev–Trinajstić information content (AvgIpc) is 3.16. The van der Waals surface area contributed by atoms with E-state index in [9.17, 15) is 24.9 Å². The molecule has 0 amide bonds. The number of hydrogen-bond acceptors (Lipinski definition) is 12. The number of nitrogens with one attached hydrogen (secondary N) is 1. The number of nitrogen functional groups attached to an aromatic ring is 1. The lowest BCUT2D eigenvalue weighted by Gasteiger charge is -2.48. The van der Waals surface area contributed by atoms with Crippen molar-refractivity contribution in [3.8, 4) is 17.2 Å². The Labute approximate surface area is 318 Å². The van der Waals surface area contributed by atoms with E-state index in [-0.39, 0.29) is 40.6 Å². The molecule has 2 aromatic carbocycles. The number of allylic oxidation sites excluding steroid dienone is 1. The summed E-state index contributed by atoms with van der Waals surface area (Å²) in [6, 6.07) is 13.9. The molecule has 0 aliphatic carbocycles. The van der Waals surface area contributed by atoms with Crippen molar-refractivity contribution in [3.05, 3.63) is 122 Å². The summed E-state index contributed by atoms with van der Waals surface area (Å²) in [7, 11) is 0. The van der Waals surface area contributed by atoms with Crippen LogP contribution in [0.3, 0.4) is 0 Å². The third kappa shape index (κ3) is 6.98. The van der Waals surface area contributed by atoms with Crippen molar-refractivity contribution >= 4 is 28.6 Å². The van der Waals surface area contributed by atoms with E-state index < -0.39 is 35.6 Å². The molecule has 4 atom stereocenters. The second kappa shape index (κ2) is 15.1. The number of nitrogens with zero attached hydrogens (tertiary/aromatic N) is 2. The Kier molecular flexibility index (Phi) is 10.3. The molecule has 2 aliphatic rings. The molecule has 2 bridgehead atoms. The maximum atomic E-state index is 13.9. The smallest absolute Gasteiger partial charge is 0.333 e. The van der Waals surface area contributed by atoms with Gasteiger partial charge in [-0.05, 0) is 99.9 Å². The lowest BCUT2D eigenvalue weighted by atomic mass is 9.71. The SMILES string of the molecule is CC=C(C)C(=O)OC1Cc2c3c(c4oc(CO)cc(=O)c4c2O)C(Cc2cccc(O)c2)c2ccnc(N)c2CCC(Cc2ccc(NCC)nc2)C1(C)O3. The number of aromatic hydroxyl groups is 2. The second-order valence-electron chi connectivity index (χ2n) is 14.6. The number of carbonyl (C=O) groups excluding carboxylic acids is 1. The normalized spacial score (nSPS) is 20.7. The van der Waals surface area contributed by atoms with Crippen molar-refractivity contribution in [2.24, 2.45) is 5.92 Å². The highest BCUT2D eigenvalue weighted by Gasteiger charge is 2.52. The van der Waals surface area contributed by atoms with Crippen LogP contribution < -0.4 is 21.2 Å². The first-order valence-electron chi connectivity index (χ1n) is 18.6. The summed E-state index contributed by atoms with van der Waals surface area (Å²) in [6.45, 7) is 7.53. The fourth-order valence-electron chi connectivity index (χ4n) is 8.13. The Morgan fingerprint density at radius 2 is 1.93 bits per heavy atom. The number of aromatic nitrogens is 2. The van der Waals surface area contributed by atoms with Gasteiger partial charge in [-0.15, -0.1) is 0 Å². The second-order valence-corrected chi connectivity index (χ2v) is 14.6. The van der Waals surface area contributed by atoms with Crippen LogP contribution in [0.5, 0.6) is 17.2 Å². The number of carbonyl (C=O) groups is 1. The monoisotopic (exact) mass is 746 g/mol. The number of hydrogen-bond donors (Lipinski definition) is 5. The Balaban J connectivity index is 1.54. The molecule has 286 valence electrons. The molecule has 2 aliphatic heterocycles. The minimum absolute atomic E-state index is 0.00866. The number of phenols is 2. The molecule has 55 heavy (non-hydrogen) atoms. The highest BCUT2D eigenvalue weighted by atomic mass is 16.6. The van der Waals surface area contributed by atoms with Gasteiger partial charge in [-0.1, -0.05) is 24.3 Å². The van der Waals surface area contributed by atoms with Crippen LogP contribution in [0, 0.1) is 5.92 Å². The van der Waals surface area contributed by atoms with Gasteiger partial charge in [-0.2, -0.15) is 0 Å². The van der Waals surface area contributed by atoms with E-state index in [2.05, 4.69) is 15.3 Å². The van der Waals surface area contributed by atoms with Crippen molar-refractivity contribution in [1.82, 2.24) is 9.97 Å². The third-order valence-electron chi connectivity index (χ3n) is 11.2. The fraction of sp³-hybridized carbons (Fsp3) is 0.349. The standard InChI is InChI=1S/C43H46N4O8/c1-5-23(3)42(52)54-34-20-32-38(51)37-33(50)19-28(22-48)53-40(37)36-31(18-24-8-7-9-27(49)17-24)29-14-15-46-41(44)30(29)12-11-26(43(34,4)55-39(32)36)16-25-10-13-35(45-6-2)47-21-25/h5,7-10,13-15,17,19,21,26,31,34,48-49,51H,6,11-12,16,18,20,22H2,1-4H3,(H2,44,46)(H,45,47). The van der Waals surface area contributed by atoms with E-state index in [1.54, 1.807) is 44.3 Å². The number of fused-ring (bicyclic) bond motifs is 4. The molecule has 0 fully saturated rings. The van der Waals surface area contributed by atoms with Crippen LogP contribution in [0.1, 0.15) is 79.2 Å². The predicted octanol–water partition coefficient (Wildman–Crippen LogP) is 6.25. The van der Waals surface area contributed by atoms with Crippen LogP contribution >= 0.6 is 0 Å². The zero-order valence-corrected chi connectivity index (χ0v) is 31.4. The minimum atomic E-state index is -1.20. The van der Waals surface area contributed by atoms with Gasteiger partial charge in [0.2, 0.25) is 0 Å². The molecular formula is C43H46N4O8. The van der Waals surface area contributed by atoms with Crippen molar-refractivity contribution in [3.63, 3.8) is 0 Å². The van der Waals surface area contributed by atoms with Gasteiger partial charge in [0.25, 0.3) is 0 Å². The molecule has 5 heterocycles. The predicted molar refractivity (Wildman–Crippen MR) is 208 cm³/mol. The van der Waals surface area contributed by atoms with E-state index in [1.165, 1.54) is 0 Å². The van der Waals surface area contributed by atoms with Gasteiger partial charge in [0.05, 0.1) is 0 Å². The third-order valence-corrected chi connectivity index (χ3v) is 11.2. The average molecular weight is 747 g/mol. The first-order chi connectivity index (χ1) is 26.4. The largest absolute Gasteiger partial charge is 0.508 e. The summed E-state index contributed by atoms with van der Waals surface area (Å²) in [5, 5.41) is 35.9. The van der Waals surface area contributed by atoms with E-state index >= 15 is 0 Å². The first-order valence-corrected chi connectivity index (χ1v) is 18.6. The summed E-state index contributed by atoms with van der Waals surface area (Å²) < 4.78 is 19.9. The molecule has 7 rings (SSSR count). The van der Waals surface area contributed by atoms with Crippen molar-refractivity contribution in [2.75, 3.05) is 17.6 Å². The van der Waals surface area contributed by atoms with E-state index in [0.29, 0.717) is 54.0 Å². The topological polar surface area (TPSA) is 190 Å². The lowest BCUT2D eigenvalue weighted by Crippen LogP contribution is -2.57. The lowest BCUT2D eigenvalue weighted by molar-refractivity contribution is -0.165. The van der Waals surface area contributed by atoms with Crippen LogP contribution in [0.15, 0.2) is 81.8 Å². The van der Waals surface area contributed by atoms with Crippen molar-refractivity contribution < 1.29 is 34.0 Å². The van der Waals surface area contributed by atoms with Gasteiger partial charge < -0.3 is 40.3 Å². The van der Waals surface area contributed by atoms with E-state index in [0.717, 1.165) is 40.7 Å². The Bertz CT molecular complexity index is 2350. The summed E-state index contributed by atoms with van der Waals surface area (Å²) in [4.78, 5) is 36.6. The van der Waals surface area contributed by atoms with E-state index in [4.69, 9.17) is 19.6 Å². The van der Waals surface area contributed by atoms with Crippen molar-refractivity contribution in [1.29, 1.82) is 0 Å². The number of anilines is 2. The number of phenolic OH excluding ortho intramolecular Hbond substituents is 2. The van der Waals surface area contributed by atoms with Gasteiger partial charge in [-0.25, -0.2) is 14.8 Å². The molecule has 4 unspecified atom stereocenters. The molecule has 0 saturated carbocycles. The Morgan fingerprint density at radius 1 is 1.11 bits per heavy atom. The Morgan fingerprint density at radius 3 is 2.64 bits per heavy atom. The van der Waals surface area contributed by atoms with Crippen LogP contribution in [-0.2, 0) is 41.8 Å². The number of rotatable bonds is 9. The maximum absolute atomic E-state index is 13.9.